The largest absolute Gasteiger partial charge is 0.378 e. The molecule has 1 saturated carbocycles. The summed E-state index contributed by atoms with van der Waals surface area (Å²) >= 11 is 0. The molecule has 1 aliphatic carbocycles. The highest BCUT2D eigenvalue weighted by atomic mass is 19.1. The number of halogens is 1. The normalized spacial score (nSPS) is 21.9. The van der Waals surface area contributed by atoms with Gasteiger partial charge in [-0.2, -0.15) is 0 Å². The van der Waals surface area contributed by atoms with Crippen LogP contribution in [0.3, 0.4) is 0 Å². The molecule has 4 rings (SSSR count). The number of rotatable bonds is 6. The Morgan fingerprint density at radius 1 is 1.15 bits per heavy atom. The van der Waals surface area contributed by atoms with E-state index in [1.807, 2.05) is 12.1 Å². The van der Waals surface area contributed by atoms with Crippen LogP contribution in [0.25, 0.3) is 0 Å². The summed E-state index contributed by atoms with van der Waals surface area (Å²) in [6.07, 6.45) is 6.58. The van der Waals surface area contributed by atoms with E-state index in [1.54, 1.807) is 12.4 Å². The number of benzene rings is 1. The molecule has 1 aromatic heterocycles. The van der Waals surface area contributed by atoms with Crippen LogP contribution < -0.4 is 16.2 Å². The summed E-state index contributed by atoms with van der Waals surface area (Å²) in [6, 6.07) is 7.31. The number of nitrogens with zero attached hydrogens (tertiary/aromatic N) is 2. The zero-order valence-corrected chi connectivity index (χ0v) is 14.7. The van der Waals surface area contributed by atoms with E-state index in [1.165, 1.54) is 6.07 Å². The van der Waals surface area contributed by atoms with Crippen molar-refractivity contribution in [1.29, 1.82) is 0 Å². The number of aromatic nitrogens is 2. The maximum Gasteiger partial charge on any atom is 0.150 e. The molecule has 2 aromatic rings. The summed E-state index contributed by atoms with van der Waals surface area (Å²) in [5.41, 5.74) is 7.93. The first-order valence-corrected chi connectivity index (χ1v) is 9.24. The third-order valence-electron chi connectivity index (χ3n) is 5.12. The van der Waals surface area contributed by atoms with Crippen LogP contribution in [-0.2, 0) is 17.7 Å². The Hall–Kier alpha value is -2.25. The van der Waals surface area contributed by atoms with Gasteiger partial charge in [-0.1, -0.05) is 18.2 Å². The molecule has 0 unspecified atom stereocenters. The molecule has 2 heterocycles. The van der Waals surface area contributed by atoms with Gasteiger partial charge in [0.1, 0.15) is 23.8 Å². The molecule has 0 saturated heterocycles. The molecule has 3 N–H and O–H groups in total. The zero-order valence-electron chi connectivity index (χ0n) is 14.7. The second kappa shape index (κ2) is 7.97. The minimum absolute atomic E-state index is 0.148. The van der Waals surface area contributed by atoms with Gasteiger partial charge in [0.2, 0.25) is 0 Å². The van der Waals surface area contributed by atoms with Gasteiger partial charge in [-0.3, -0.25) is 0 Å². The van der Waals surface area contributed by atoms with Gasteiger partial charge in [0.05, 0.1) is 18.3 Å². The van der Waals surface area contributed by atoms with Crippen molar-refractivity contribution in [2.24, 2.45) is 0 Å². The van der Waals surface area contributed by atoms with Crippen molar-refractivity contribution in [2.45, 2.75) is 50.8 Å². The fourth-order valence-electron chi connectivity index (χ4n) is 3.63. The summed E-state index contributed by atoms with van der Waals surface area (Å²) < 4.78 is 19.6. The van der Waals surface area contributed by atoms with Crippen LogP contribution in [0.4, 0.5) is 16.0 Å². The van der Waals surface area contributed by atoms with Crippen molar-refractivity contribution in [3.63, 3.8) is 0 Å². The molecule has 0 atom stereocenters. The standard InChI is InChI=1S/C19H24FN5O/c20-17-4-2-1-3-13(17)9-10-26-15-7-5-14(6-8-15)24-18-16-11-23-25-19(16)22-12-21-18/h1-4,12,14-15,23H,5-11H2,(H2,21,22,24,25). The van der Waals surface area contributed by atoms with E-state index < -0.39 is 0 Å². The van der Waals surface area contributed by atoms with E-state index in [2.05, 4.69) is 26.1 Å². The molecular formula is C19H24FN5O. The summed E-state index contributed by atoms with van der Waals surface area (Å²) in [5.74, 6) is 1.62. The van der Waals surface area contributed by atoms with Crippen LogP contribution in [0.1, 0.15) is 36.8 Å². The molecule has 1 aromatic carbocycles. The SMILES string of the molecule is Fc1ccccc1CCOC1CCC(Nc2ncnc3c2CNN3)CC1. The van der Waals surface area contributed by atoms with Crippen LogP contribution in [0.2, 0.25) is 0 Å². The summed E-state index contributed by atoms with van der Waals surface area (Å²) in [5, 5.41) is 3.55. The van der Waals surface area contributed by atoms with E-state index in [9.17, 15) is 4.39 Å². The van der Waals surface area contributed by atoms with Gasteiger partial charge >= 0.3 is 0 Å². The molecular weight excluding hydrogens is 333 g/mol. The Balaban J connectivity index is 1.22. The number of ether oxygens (including phenoxy) is 1. The topological polar surface area (TPSA) is 71.1 Å². The maximum absolute atomic E-state index is 13.6. The third kappa shape index (κ3) is 3.94. The molecule has 7 heteroatoms. The van der Waals surface area contributed by atoms with Gasteiger partial charge in [-0.15, -0.1) is 0 Å². The number of hydrazine groups is 1. The first kappa shape index (κ1) is 17.2. The van der Waals surface area contributed by atoms with Gasteiger partial charge in [-0.05, 0) is 43.7 Å². The predicted molar refractivity (Wildman–Crippen MR) is 98.2 cm³/mol. The Labute approximate surface area is 152 Å². The summed E-state index contributed by atoms with van der Waals surface area (Å²) in [7, 11) is 0. The number of anilines is 2. The van der Waals surface area contributed by atoms with Crippen molar-refractivity contribution < 1.29 is 9.13 Å². The van der Waals surface area contributed by atoms with E-state index >= 15 is 0 Å². The van der Waals surface area contributed by atoms with Gasteiger partial charge in [0.15, 0.2) is 0 Å². The van der Waals surface area contributed by atoms with Crippen LogP contribution in [-0.4, -0.2) is 28.7 Å². The molecule has 26 heavy (non-hydrogen) atoms. The molecule has 0 radical (unpaired) electrons. The van der Waals surface area contributed by atoms with Crippen molar-refractivity contribution in [3.05, 3.63) is 47.5 Å². The molecule has 1 fully saturated rings. The summed E-state index contributed by atoms with van der Waals surface area (Å²) in [4.78, 5) is 8.60. The minimum atomic E-state index is -0.148. The molecule has 6 nitrogen and oxygen atoms in total. The first-order valence-electron chi connectivity index (χ1n) is 9.24. The highest BCUT2D eigenvalue weighted by molar-refractivity contribution is 5.59. The molecule has 138 valence electrons. The smallest absolute Gasteiger partial charge is 0.150 e. The maximum atomic E-state index is 13.6. The Morgan fingerprint density at radius 3 is 2.85 bits per heavy atom. The quantitative estimate of drug-likeness (QED) is 0.738. The van der Waals surface area contributed by atoms with Crippen molar-refractivity contribution in [2.75, 3.05) is 17.3 Å². The van der Waals surface area contributed by atoms with Crippen LogP contribution >= 0.6 is 0 Å². The fourth-order valence-corrected chi connectivity index (χ4v) is 3.63. The lowest BCUT2D eigenvalue weighted by Crippen LogP contribution is -2.30. The molecule has 0 spiro atoms. The number of hydrogen-bond donors (Lipinski definition) is 3. The lowest BCUT2D eigenvalue weighted by atomic mass is 9.93. The molecule has 2 aliphatic rings. The lowest BCUT2D eigenvalue weighted by Gasteiger charge is -2.29. The second-order valence-corrected chi connectivity index (χ2v) is 6.86. The lowest BCUT2D eigenvalue weighted by molar-refractivity contribution is 0.0280. The van der Waals surface area contributed by atoms with Crippen molar-refractivity contribution >= 4 is 11.6 Å². The van der Waals surface area contributed by atoms with E-state index in [0.717, 1.165) is 55.0 Å². The highest BCUT2D eigenvalue weighted by Gasteiger charge is 2.24. The Kier molecular flexibility index (Phi) is 5.26. The van der Waals surface area contributed by atoms with E-state index in [-0.39, 0.29) is 11.9 Å². The van der Waals surface area contributed by atoms with Gasteiger partial charge in [0, 0.05) is 12.6 Å². The number of hydrogen-bond acceptors (Lipinski definition) is 6. The van der Waals surface area contributed by atoms with E-state index in [4.69, 9.17) is 4.74 Å². The van der Waals surface area contributed by atoms with Gasteiger partial charge in [-0.25, -0.2) is 19.8 Å². The van der Waals surface area contributed by atoms with Gasteiger partial charge < -0.3 is 15.5 Å². The first-order chi connectivity index (χ1) is 12.8. The molecule has 0 bridgehead atoms. The Morgan fingerprint density at radius 2 is 2.00 bits per heavy atom. The molecule has 0 amide bonds. The monoisotopic (exact) mass is 357 g/mol. The van der Waals surface area contributed by atoms with Crippen molar-refractivity contribution in [3.8, 4) is 0 Å². The Bertz CT molecular complexity index is 748. The van der Waals surface area contributed by atoms with Crippen LogP contribution in [0, 0.1) is 5.82 Å². The van der Waals surface area contributed by atoms with Crippen LogP contribution in [0.15, 0.2) is 30.6 Å². The highest BCUT2D eigenvalue weighted by Crippen LogP contribution is 2.28. The number of fused-ring (bicyclic) bond motifs is 1. The second-order valence-electron chi connectivity index (χ2n) is 6.86. The average Bonchev–Trinajstić information content (AvgIpc) is 3.15. The van der Waals surface area contributed by atoms with Crippen molar-refractivity contribution in [1.82, 2.24) is 15.4 Å². The number of nitrogens with one attached hydrogen (secondary N) is 3. The molecule has 1 aliphatic heterocycles. The van der Waals surface area contributed by atoms with Gasteiger partial charge in [0.25, 0.3) is 0 Å². The fraction of sp³-hybridized carbons (Fsp3) is 0.474. The minimum Gasteiger partial charge on any atom is -0.378 e. The average molecular weight is 357 g/mol. The van der Waals surface area contributed by atoms with E-state index in [0.29, 0.717) is 19.1 Å². The van der Waals surface area contributed by atoms with Crippen LogP contribution in [0.5, 0.6) is 0 Å². The predicted octanol–water partition coefficient (Wildman–Crippen LogP) is 3.03. The zero-order chi connectivity index (χ0) is 17.8. The third-order valence-corrected chi connectivity index (χ3v) is 5.12. The summed E-state index contributed by atoms with van der Waals surface area (Å²) in [6.45, 7) is 1.30.